The molecule has 4 rings (SSSR count). The zero-order chi connectivity index (χ0) is 25.8. The predicted molar refractivity (Wildman–Crippen MR) is 134 cm³/mol. The van der Waals surface area contributed by atoms with Crippen molar-refractivity contribution in [2.24, 2.45) is 10.2 Å². The zero-order valence-corrected chi connectivity index (χ0v) is 19.8. The van der Waals surface area contributed by atoms with Crippen molar-refractivity contribution in [2.45, 2.75) is 9.79 Å². The van der Waals surface area contributed by atoms with Gasteiger partial charge in [0.25, 0.3) is 20.2 Å². The highest BCUT2D eigenvalue weighted by molar-refractivity contribution is 7.86. The average Bonchev–Trinajstić information content (AvgIpc) is 2.84. The van der Waals surface area contributed by atoms with Crippen molar-refractivity contribution in [3.63, 3.8) is 0 Å². The van der Waals surface area contributed by atoms with Crippen LogP contribution in [-0.4, -0.2) is 48.8 Å². The van der Waals surface area contributed by atoms with E-state index in [-0.39, 0.29) is 27.4 Å². The van der Waals surface area contributed by atoms with Crippen LogP contribution in [-0.2, 0) is 20.2 Å². The molecule has 2 aliphatic heterocycles. The Kier molecular flexibility index (Phi) is 6.93. The fourth-order valence-electron chi connectivity index (χ4n) is 3.18. The van der Waals surface area contributed by atoms with Crippen molar-refractivity contribution in [3.05, 3.63) is 72.1 Å². The first-order valence-corrected chi connectivity index (χ1v) is 12.9. The van der Waals surface area contributed by atoms with Gasteiger partial charge >= 0.3 is 0 Å². The minimum atomic E-state index is -4.86. The van der Waals surface area contributed by atoms with Crippen molar-refractivity contribution >= 4 is 56.2 Å². The highest BCUT2D eigenvalue weighted by Crippen LogP contribution is 2.35. The van der Waals surface area contributed by atoms with E-state index < -0.39 is 25.1 Å². The summed E-state index contributed by atoms with van der Waals surface area (Å²) in [7, 11) is -9.39. The van der Waals surface area contributed by atoms with Gasteiger partial charge in [-0.3, -0.25) is 30.8 Å². The van der Waals surface area contributed by atoms with Crippen molar-refractivity contribution in [2.75, 3.05) is 10.9 Å². The molecule has 2 aromatic carbocycles. The average molecular weight is 533 g/mol. The number of hydrogen-bond donors (Lipinski definition) is 6. The smallest absolute Gasteiger partial charge is 0.282 e. The molecule has 6 N–H and O–H groups in total. The quantitative estimate of drug-likeness (QED) is 0.213. The molecule has 0 atom stereocenters. The van der Waals surface area contributed by atoms with Gasteiger partial charge in [-0.2, -0.15) is 16.8 Å². The Bertz CT molecular complexity index is 1520. The molecule has 16 heteroatoms. The second kappa shape index (κ2) is 10.1. The lowest BCUT2D eigenvalue weighted by Gasteiger charge is -2.27. The molecule has 188 valence electrons. The maximum Gasteiger partial charge on any atom is 0.297 e. The Morgan fingerprint density at radius 2 is 1.39 bits per heavy atom. The summed E-state index contributed by atoms with van der Waals surface area (Å²) in [6.45, 7) is 0. The summed E-state index contributed by atoms with van der Waals surface area (Å²) in [4.78, 5) is -0.914. The van der Waals surface area contributed by atoms with E-state index in [1.165, 1.54) is 66.3 Å². The van der Waals surface area contributed by atoms with Crippen LogP contribution in [0.1, 0.15) is 11.1 Å². The molecule has 0 aromatic heterocycles. The van der Waals surface area contributed by atoms with Gasteiger partial charge < -0.3 is 0 Å². The molecule has 0 unspecified atom stereocenters. The molecule has 0 amide bonds. The van der Waals surface area contributed by atoms with E-state index >= 15 is 0 Å². The molecule has 0 spiro atoms. The summed E-state index contributed by atoms with van der Waals surface area (Å²) >= 11 is 0. The second-order valence-electron chi connectivity index (χ2n) is 7.08. The van der Waals surface area contributed by atoms with Crippen LogP contribution >= 0.6 is 0 Å². The maximum absolute atomic E-state index is 12.6. The Balaban J connectivity index is 1.82. The van der Waals surface area contributed by atoms with Crippen LogP contribution in [0.25, 0.3) is 12.2 Å². The SMILES string of the molecule is O=S(=O)(O)c1ccccc1C=Cc1ccc(NN2N=CC=CN2)c(NN2N=CC=CN2)c1S(=O)(=O)O. The minimum Gasteiger partial charge on any atom is -0.282 e. The maximum atomic E-state index is 12.6. The summed E-state index contributed by atoms with van der Waals surface area (Å²) in [5, 5.41) is 10.3. The number of nitrogens with zero attached hydrogens (tertiary/aromatic N) is 4. The molecule has 0 radical (unpaired) electrons. The predicted octanol–water partition coefficient (Wildman–Crippen LogP) is 1.64. The fraction of sp³-hybridized carbons (Fsp3) is 0. The molecule has 2 heterocycles. The van der Waals surface area contributed by atoms with Crippen LogP contribution in [0.4, 0.5) is 11.4 Å². The minimum absolute atomic E-state index is 0.00206. The molecule has 0 bridgehead atoms. The first kappa shape index (κ1) is 24.7. The number of hydrogen-bond acceptors (Lipinski definition) is 12. The summed E-state index contributed by atoms with van der Waals surface area (Å²) in [6, 6.07) is 8.50. The number of anilines is 2. The summed E-state index contributed by atoms with van der Waals surface area (Å²) in [5.74, 6) is 0. The van der Waals surface area contributed by atoms with Crippen molar-refractivity contribution in [1.82, 2.24) is 21.3 Å². The number of hydrazone groups is 2. The van der Waals surface area contributed by atoms with E-state index in [0.717, 1.165) is 5.23 Å². The second-order valence-corrected chi connectivity index (χ2v) is 9.83. The zero-order valence-electron chi connectivity index (χ0n) is 18.2. The van der Waals surface area contributed by atoms with Gasteiger partial charge in [0, 0.05) is 12.4 Å². The summed E-state index contributed by atoms with van der Waals surface area (Å²) in [6.07, 6.45) is 11.8. The highest BCUT2D eigenvalue weighted by Gasteiger charge is 2.25. The molecule has 0 aliphatic carbocycles. The number of rotatable bonds is 8. The Labute approximate surface area is 206 Å². The standard InChI is InChI=1S/C20H20N8O6S2/c29-35(30,31)18-6-2-1-5-15(18)7-8-16-9-10-17(25-27-21-11-3-12-22-27)19(20(16)36(32,33)34)26-28-23-13-4-14-24-28/h1-14,21,23,25-26H,(H,29,30,31)(H,32,33,34). The first-order chi connectivity index (χ1) is 17.1. The summed E-state index contributed by atoms with van der Waals surface area (Å²) < 4.78 is 68.2. The van der Waals surface area contributed by atoms with Gasteiger partial charge in [0.1, 0.15) is 15.5 Å². The molecular formula is C20H20N8O6S2. The molecule has 36 heavy (non-hydrogen) atoms. The van der Waals surface area contributed by atoms with Gasteiger partial charge in [-0.15, -0.1) is 20.7 Å². The van der Waals surface area contributed by atoms with E-state index in [4.69, 9.17) is 0 Å². The fourth-order valence-corrected chi connectivity index (χ4v) is 4.71. The molecule has 14 nitrogen and oxygen atoms in total. The van der Waals surface area contributed by atoms with Crippen LogP contribution in [0.2, 0.25) is 0 Å². The Morgan fingerprint density at radius 1 is 0.778 bits per heavy atom. The highest BCUT2D eigenvalue weighted by atomic mass is 32.2. The van der Waals surface area contributed by atoms with E-state index in [2.05, 4.69) is 31.9 Å². The number of nitrogens with one attached hydrogen (secondary N) is 4. The van der Waals surface area contributed by atoms with Gasteiger partial charge in [-0.1, -0.05) is 36.4 Å². The lowest BCUT2D eigenvalue weighted by atomic mass is 10.1. The van der Waals surface area contributed by atoms with Crippen molar-refractivity contribution in [3.8, 4) is 0 Å². The normalized spacial score (nSPS) is 15.2. The van der Waals surface area contributed by atoms with Crippen molar-refractivity contribution in [1.29, 1.82) is 0 Å². The third-order valence-corrected chi connectivity index (χ3v) is 6.54. The van der Waals surface area contributed by atoms with Crippen LogP contribution < -0.4 is 21.7 Å². The van der Waals surface area contributed by atoms with E-state index in [9.17, 15) is 25.9 Å². The van der Waals surface area contributed by atoms with E-state index in [1.807, 2.05) is 0 Å². The molecule has 0 fully saturated rings. The number of hydrazine groups is 4. The monoisotopic (exact) mass is 532 g/mol. The molecule has 0 saturated heterocycles. The van der Waals surface area contributed by atoms with Gasteiger partial charge in [0.15, 0.2) is 0 Å². The number of allylic oxidation sites excluding steroid dienone is 2. The topological polar surface area (TPSA) is 188 Å². The Morgan fingerprint density at radius 3 is 1.97 bits per heavy atom. The van der Waals surface area contributed by atoms with E-state index in [0.29, 0.717) is 0 Å². The summed E-state index contributed by atoms with van der Waals surface area (Å²) in [5.41, 5.74) is 11.3. The largest absolute Gasteiger partial charge is 0.297 e. The number of benzene rings is 2. The lowest BCUT2D eigenvalue weighted by Crippen LogP contribution is -2.39. The van der Waals surface area contributed by atoms with Crippen molar-refractivity contribution < 1.29 is 25.9 Å². The third-order valence-electron chi connectivity index (χ3n) is 4.65. The molecule has 2 aromatic rings. The molecular weight excluding hydrogens is 512 g/mol. The van der Waals surface area contributed by atoms with Gasteiger partial charge in [-0.05, 0) is 35.4 Å². The van der Waals surface area contributed by atoms with E-state index in [1.54, 1.807) is 24.4 Å². The van der Waals surface area contributed by atoms with Gasteiger partial charge in [0.2, 0.25) is 0 Å². The van der Waals surface area contributed by atoms with Crippen LogP contribution in [0, 0.1) is 0 Å². The molecule has 0 saturated carbocycles. The van der Waals surface area contributed by atoms with Crippen LogP contribution in [0.5, 0.6) is 0 Å². The molecule has 2 aliphatic rings. The lowest BCUT2D eigenvalue weighted by molar-refractivity contribution is 0.279. The first-order valence-electron chi connectivity index (χ1n) is 10.1. The van der Waals surface area contributed by atoms with Crippen LogP contribution in [0.3, 0.4) is 0 Å². The third kappa shape index (κ3) is 5.81. The van der Waals surface area contributed by atoms with Crippen LogP contribution in [0.15, 0.2) is 80.9 Å². The van der Waals surface area contributed by atoms with Gasteiger partial charge in [-0.25, -0.2) is 0 Å². The Hall–Kier alpha value is -4.38. The van der Waals surface area contributed by atoms with Gasteiger partial charge in [0.05, 0.1) is 18.1 Å².